The van der Waals surface area contributed by atoms with E-state index in [1.165, 1.54) is 12.5 Å². The number of hydrogen-bond donors (Lipinski definition) is 7. The first-order valence-electron chi connectivity index (χ1n) is 9.37. The number of aliphatic hydroxyl groups is 2. The van der Waals surface area contributed by atoms with Gasteiger partial charge in [-0.3, -0.25) is 14.4 Å². The van der Waals surface area contributed by atoms with E-state index in [4.69, 9.17) is 5.73 Å². The maximum atomic E-state index is 12.6. The van der Waals surface area contributed by atoms with Gasteiger partial charge in [-0.25, -0.2) is 9.78 Å². The molecule has 8 N–H and O–H groups in total. The molecule has 2 heterocycles. The van der Waals surface area contributed by atoms with Gasteiger partial charge in [0.05, 0.1) is 25.6 Å². The van der Waals surface area contributed by atoms with Gasteiger partial charge in [-0.15, -0.1) is 0 Å². The van der Waals surface area contributed by atoms with Crippen LogP contribution >= 0.6 is 0 Å². The molecule has 1 saturated heterocycles. The van der Waals surface area contributed by atoms with Crippen molar-refractivity contribution >= 4 is 23.7 Å². The van der Waals surface area contributed by atoms with Crippen molar-refractivity contribution in [3.8, 4) is 0 Å². The van der Waals surface area contributed by atoms with Gasteiger partial charge >= 0.3 is 5.97 Å². The Labute approximate surface area is 171 Å². The number of hydrogen-bond acceptors (Lipinski definition) is 8. The van der Waals surface area contributed by atoms with E-state index in [0.29, 0.717) is 12.1 Å². The predicted molar refractivity (Wildman–Crippen MR) is 101 cm³/mol. The molecule has 0 saturated carbocycles. The van der Waals surface area contributed by atoms with Crippen LogP contribution in [0, 0.1) is 0 Å². The van der Waals surface area contributed by atoms with Crippen LogP contribution in [-0.2, 0) is 25.6 Å². The number of likely N-dealkylation sites (tertiary alicyclic amines) is 1. The van der Waals surface area contributed by atoms with E-state index < -0.39 is 61.1 Å². The van der Waals surface area contributed by atoms with Gasteiger partial charge in [0.15, 0.2) is 0 Å². The van der Waals surface area contributed by atoms with Crippen molar-refractivity contribution in [2.24, 2.45) is 5.73 Å². The molecule has 0 bridgehead atoms. The number of nitrogens with one attached hydrogen (secondary N) is 3. The largest absolute Gasteiger partial charge is 0.480 e. The van der Waals surface area contributed by atoms with E-state index in [9.17, 15) is 34.5 Å². The van der Waals surface area contributed by atoms with Crippen molar-refractivity contribution in [1.82, 2.24) is 25.5 Å². The number of carboxylic acid groups (broad SMARTS) is 1. The zero-order valence-electron chi connectivity index (χ0n) is 16.2. The second kappa shape index (κ2) is 10.7. The van der Waals surface area contributed by atoms with E-state index in [2.05, 4.69) is 20.6 Å². The van der Waals surface area contributed by atoms with Gasteiger partial charge in [0.1, 0.15) is 18.1 Å². The lowest BCUT2D eigenvalue weighted by Crippen LogP contribution is -2.59. The van der Waals surface area contributed by atoms with Gasteiger partial charge < -0.3 is 41.6 Å². The van der Waals surface area contributed by atoms with Crippen molar-refractivity contribution < 1.29 is 34.5 Å². The Kier molecular flexibility index (Phi) is 8.26. The maximum absolute atomic E-state index is 12.6. The van der Waals surface area contributed by atoms with Crippen LogP contribution in [-0.4, -0.2) is 97.8 Å². The molecular weight excluding hydrogens is 400 g/mol. The summed E-state index contributed by atoms with van der Waals surface area (Å²) >= 11 is 0. The Balaban J connectivity index is 1.95. The Hall–Kier alpha value is -3.03. The smallest absolute Gasteiger partial charge is 0.326 e. The molecule has 166 valence electrons. The molecule has 13 nitrogen and oxygen atoms in total. The lowest BCUT2D eigenvalue weighted by molar-refractivity contribution is -0.150. The Morgan fingerprint density at radius 2 is 1.87 bits per heavy atom. The van der Waals surface area contributed by atoms with Crippen LogP contribution < -0.4 is 16.4 Å². The second-order valence-electron chi connectivity index (χ2n) is 6.90. The minimum Gasteiger partial charge on any atom is -0.480 e. The lowest BCUT2D eigenvalue weighted by atomic mass is 10.1. The summed E-state index contributed by atoms with van der Waals surface area (Å²) in [6.45, 7) is -1.37. The van der Waals surface area contributed by atoms with Gasteiger partial charge in [0.25, 0.3) is 0 Å². The van der Waals surface area contributed by atoms with Gasteiger partial charge in [0.2, 0.25) is 17.7 Å². The highest BCUT2D eigenvalue weighted by molar-refractivity contribution is 5.94. The van der Waals surface area contributed by atoms with E-state index in [-0.39, 0.29) is 19.4 Å². The number of nitrogens with two attached hydrogens (primary N) is 1. The number of H-pyrrole nitrogens is 1. The van der Waals surface area contributed by atoms with E-state index in [1.54, 1.807) is 0 Å². The molecule has 2 rings (SSSR count). The minimum absolute atomic E-state index is 0.120. The standard InChI is InChI=1S/C17H26N6O7/c18-10(4-9-5-19-8-20-9)14(26)21-11(6-24)15(27)22-12(7-25)16(28)23-3-1-2-13(23)17(29)30/h5,8,10-13,24-25H,1-4,6-7,18H2,(H,19,20)(H,21,26)(H,22,27)(H,29,30). The lowest BCUT2D eigenvalue weighted by Gasteiger charge is -2.27. The summed E-state index contributed by atoms with van der Waals surface area (Å²) in [5.41, 5.74) is 6.39. The van der Waals surface area contributed by atoms with E-state index in [0.717, 1.165) is 4.90 Å². The number of aliphatic carboxylic acids is 1. The molecule has 0 aliphatic carbocycles. The van der Waals surface area contributed by atoms with Crippen molar-refractivity contribution in [3.63, 3.8) is 0 Å². The van der Waals surface area contributed by atoms with E-state index in [1.807, 2.05) is 0 Å². The Morgan fingerprint density at radius 1 is 1.20 bits per heavy atom. The second-order valence-corrected chi connectivity index (χ2v) is 6.90. The zero-order valence-corrected chi connectivity index (χ0v) is 16.2. The summed E-state index contributed by atoms with van der Waals surface area (Å²) in [5, 5.41) is 32.7. The molecule has 0 radical (unpaired) electrons. The third-order valence-electron chi connectivity index (χ3n) is 4.77. The topological polar surface area (TPSA) is 211 Å². The summed E-state index contributed by atoms with van der Waals surface area (Å²) in [4.78, 5) is 56.1. The molecule has 0 aromatic carbocycles. The van der Waals surface area contributed by atoms with Crippen LogP contribution in [0.1, 0.15) is 18.5 Å². The van der Waals surface area contributed by atoms with Crippen molar-refractivity contribution in [1.29, 1.82) is 0 Å². The normalized spacial score (nSPS) is 19.0. The van der Waals surface area contributed by atoms with Gasteiger partial charge in [-0.1, -0.05) is 0 Å². The SMILES string of the molecule is NC(Cc1cnc[nH]1)C(=O)NC(CO)C(=O)NC(CO)C(=O)N1CCCC1C(=O)O. The molecule has 1 aliphatic heterocycles. The molecule has 30 heavy (non-hydrogen) atoms. The van der Waals surface area contributed by atoms with Crippen LogP contribution in [0.5, 0.6) is 0 Å². The zero-order chi connectivity index (χ0) is 22.3. The van der Waals surface area contributed by atoms with Gasteiger partial charge in [-0.2, -0.15) is 0 Å². The molecule has 1 fully saturated rings. The van der Waals surface area contributed by atoms with Crippen LogP contribution in [0.3, 0.4) is 0 Å². The molecule has 1 aliphatic rings. The molecule has 3 amide bonds. The number of carboxylic acids is 1. The van der Waals surface area contributed by atoms with Gasteiger partial charge in [-0.05, 0) is 12.8 Å². The van der Waals surface area contributed by atoms with Crippen LogP contribution in [0.4, 0.5) is 0 Å². The minimum atomic E-state index is -1.42. The summed E-state index contributed by atoms with van der Waals surface area (Å²) in [5.74, 6) is -3.56. The number of nitrogens with zero attached hydrogens (tertiary/aromatic N) is 2. The highest BCUT2D eigenvalue weighted by Crippen LogP contribution is 2.18. The molecule has 4 unspecified atom stereocenters. The monoisotopic (exact) mass is 426 g/mol. The average Bonchev–Trinajstić information content (AvgIpc) is 3.41. The first kappa shape index (κ1) is 23.3. The average molecular weight is 426 g/mol. The van der Waals surface area contributed by atoms with Gasteiger partial charge in [0, 0.05) is 24.9 Å². The van der Waals surface area contributed by atoms with Crippen molar-refractivity contribution in [2.75, 3.05) is 19.8 Å². The molecular formula is C17H26N6O7. The fourth-order valence-electron chi connectivity index (χ4n) is 3.14. The number of imidazole rings is 1. The third kappa shape index (κ3) is 5.75. The molecule has 0 spiro atoms. The number of carbonyl (C=O) groups excluding carboxylic acids is 3. The number of aromatic amines is 1. The Bertz CT molecular complexity index is 756. The van der Waals surface area contributed by atoms with Crippen molar-refractivity contribution in [3.05, 3.63) is 18.2 Å². The summed E-state index contributed by atoms with van der Waals surface area (Å²) in [6, 6.07) is -4.89. The third-order valence-corrected chi connectivity index (χ3v) is 4.77. The number of rotatable bonds is 10. The fourth-order valence-corrected chi connectivity index (χ4v) is 3.14. The first-order chi connectivity index (χ1) is 14.3. The summed E-state index contributed by atoms with van der Waals surface area (Å²) in [7, 11) is 0. The number of aliphatic hydroxyl groups excluding tert-OH is 2. The highest BCUT2D eigenvalue weighted by atomic mass is 16.4. The number of carbonyl (C=O) groups is 4. The van der Waals surface area contributed by atoms with Crippen LogP contribution in [0.15, 0.2) is 12.5 Å². The van der Waals surface area contributed by atoms with Crippen molar-refractivity contribution in [2.45, 2.75) is 43.4 Å². The Morgan fingerprint density at radius 3 is 2.43 bits per heavy atom. The summed E-state index contributed by atoms with van der Waals surface area (Å²) in [6.07, 6.45) is 3.79. The maximum Gasteiger partial charge on any atom is 0.326 e. The fraction of sp³-hybridized carbons (Fsp3) is 0.588. The van der Waals surface area contributed by atoms with E-state index >= 15 is 0 Å². The van der Waals surface area contributed by atoms with Crippen LogP contribution in [0.2, 0.25) is 0 Å². The summed E-state index contributed by atoms with van der Waals surface area (Å²) < 4.78 is 0. The highest BCUT2D eigenvalue weighted by Gasteiger charge is 2.38. The molecule has 4 atom stereocenters. The quantitative estimate of drug-likeness (QED) is 0.196. The molecule has 1 aromatic heterocycles. The van der Waals surface area contributed by atoms with Crippen LogP contribution in [0.25, 0.3) is 0 Å². The first-order valence-corrected chi connectivity index (χ1v) is 9.37. The molecule has 1 aromatic rings. The molecule has 13 heteroatoms. The predicted octanol–water partition coefficient (Wildman–Crippen LogP) is -3.69. The number of aromatic nitrogens is 2. The number of amides is 3.